The molecule has 0 spiro atoms. The van der Waals surface area contributed by atoms with E-state index in [0.29, 0.717) is 19.3 Å². The number of carbonyl (C=O) groups excluding carboxylic acids is 2. The Morgan fingerprint density at radius 2 is 0.906 bits per heavy atom. The van der Waals surface area contributed by atoms with E-state index in [4.69, 9.17) is 4.74 Å². The predicted molar refractivity (Wildman–Crippen MR) is 278 cm³/mol. The van der Waals surface area contributed by atoms with E-state index in [-0.39, 0.29) is 24.9 Å². The zero-order chi connectivity index (χ0) is 46.7. The van der Waals surface area contributed by atoms with Crippen molar-refractivity contribution < 1.29 is 24.5 Å². The molecule has 3 unspecified atom stereocenters. The highest BCUT2D eigenvalue weighted by molar-refractivity contribution is 5.77. The monoisotopic (exact) mass is 894 g/mol. The number of esters is 1. The van der Waals surface area contributed by atoms with Crippen molar-refractivity contribution in [2.45, 2.75) is 277 Å². The van der Waals surface area contributed by atoms with Crippen LogP contribution in [0.5, 0.6) is 0 Å². The third-order valence-corrected chi connectivity index (χ3v) is 12.0. The van der Waals surface area contributed by atoms with Gasteiger partial charge in [-0.05, 0) is 83.5 Å². The van der Waals surface area contributed by atoms with Crippen LogP contribution >= 0.6 is 0 Å². The van der Waals surface area contributed by atoms with Gasteiger partial charge in [-0.25, -0.2) is 0 Å². The Morgan fingerprint density at radius 1 is 0.484 bits per heavy atom. The van der Waals surface area contributed by atoms with Gasteiger partial charge < -0.3 is 20.3 Å². The van der Waals surface area contributed by atoms with Crippen LogP contribution in [0.25, 0.3) is 0 Å². The Bertz CT molecular complexity index is 1190. The highest BCUT2D eigenvalue weighted by Gasteiger charge is 2.24. The topological polar surface area (TPSA) is 95.9 Å². The van der Waals surface area contributed by atoms with Gasteiger partial charge in [-0.15, -0.1) is 0 Å². The summed E-state index contributed by atoms with van der Waals surface area (Å²) in [7, 11) is 0. The summed E-state index contributed by atoms with van der Waals surface area (Å²) in [6.07, 6.45) is 65.4. The van der Waals surface area contributed by atoms with Crippen LogP contribution in [0.15, 0.2) is 72.9 Å². The number of rotatable bonds is 48. The summed E-state index contributed by atoms with van der Waals surface area (Å²) in [6, 6.07) is -0.724. The van der Waals surface area contributed by atoms with E-state index in [0.717, 1.165) is 83.5 Å². The highest BCUT2D eigenvalue weighted by Crippen LogP contribution is 2.17. The molecule has 0 saturated heterocycles. The van der Waals surface area contributed by atoms with Crippen molar-refractivity contribution in [3.8, 4) is 0 Å². The summed E-state index contributed by atoms with van der Waals surface area (Å²) >= 11 is 0. The van der Waals surface area contributed by atoms with E-state index in [1.807, 2.05) is 0 Å². The lowest BCUT2D eigenvalue weighted by atomic mass is 10.0. The molecule has 0 rings (SSSR count). The Hall–Kier alpha value is -2.70. The lowest BCUT2D eigenvalue weighted by molar-refractivity contribution is -0.151. The number of ether oxygens (including phenoxy) is 1. The normalized spacial score (nSPS) is 13.8. The first kappa shape index (κ1) is 61.3. The molecule has 0 fully saturated rings. The summed E-state index contributed by atoms with van der Waals surface area (Å²) in [5.41, 5.74) is 0. The molecule has 0 saturated carbocycles. The first-order chi connectivity index (χ1) is 31.5. The zero-order valence-electron chi connectivity index (χ0n) is 42.1. The van der Waals surface area contributed by atoms with Crippen molar-refractivity contribution in [2.75, 3.05) is 6.61 Å². The van der Waals surface area contributed by atoms with E-state index < -0.39 is 18.2 Å². The number of allylic oxidation sites excluding steroid dienone is 12. The second-order valence-corrected chi connectivity index (χ2v) is 18.3. The van der Waals surface area contributed by atoms with Crippen LogP contribution < -0.4 is 5.32 Å². The lowest BCUT2D eigenvalue weighted by Gasteiger charge is -2.24. The molecule has 6 heteroatoms. The average Bonchev–Trinajstić information content (AvgIpc) is 3.29. The molecule has 1 amide bonds. The number of amides is 1. The van der Waals surface area contributed by atoms with Crippen molar-refractivity contribution in [1.29, 1.82) is 0 Å². The van der Waals surface area contributed by atoms with Crippen LogP contribution in [0.1, 0.15) is 258 Å². The minimum Gasteiger partial charge on any atom is -0.462 e. The van der Waals surface area contributed by atoms with Crippen LogP contribution in [0.2, 0.25) is 0 Å². The molecule has 3 atom stereocenters. The molecule has 0 bridgehead atoms. The summed E-state index contributed by atoms with van der Waals surface area (Å²) < 4.78 is 5.91. The lowest BCUT2D eigenvalue weighted by Crippen LogP contribution is -2.46. The maximum atomic E-state index is 13.2. The quantitative estimate of drug-likeness (QED) is 0.0245. The summed E-state index contributed by atoms with van der Waals surface area (Å²) in [5.74, 6) is -0.541. The van der Waals surface area contributed by atoms with Crippen LogP contribution in [0.3, 0.4) is 0 Å². The summed E-state index contributed by atoms with van der Waals surface area (Å²) in [6.45, 7) is 6.33. The summed E-state index contributed by atoms with van der Waals surface area (Å²) in [5, 5.41) is 23.8. The first-order valence-corrected chi connectivity index (χ1v) is 27.2. The van der Waals surface area contributed by atoms with Crippen molar-refractivity contribution in [2.24, 2.45) is 0 Å². The van der Waals surface area contributed by atoms with E-state index in [1.165, 1.54) is 128 Å². The van der Waals surface area contributed by atoms with Gasteiger partial charge in [-0.1, -0.05) is 235 Å². The Labute approximate surface area is 396 Å². The van der Waals surface area contributed by atoms with E-state index in [2.05, 4.69) is 99.0 Å². The Morgan fingerprint density at radius 3 is 1.42 bits per heavy atom. The standard InChI is InChI=1S/C58H103NO5/c1-4-7-10-13-16-19-22-25-28-30-32-35-38-41-44-47-50-56(61)55(53-60)59-57(62)52-54(49-46-43-40-37-34-31-27-24-21-18-15-12-9-6-3)64-58(63)51-48-45-42-39-36-33-29-26-23-20-17-14-11-8-5-2/h9,12,17-18,20-21,23,26-27,31,37,40,54-56,60-61H,4-8,10-11,13-16,19,22,24-25,28-30,32-36,38-39,41-53H2,1-3H3,(H,59,62)/b12-9+,20-17+,21-18+,26-23+,31-27+,40-37+. The largest absolute Gasteiger partial charge is 0.462 e. The van der Waals surface area contributed by atoms with E-state index in [1.54, 1.807) is 0 Å². The number of hydrogen-bond donors (Lipinski definition) is 3. The number of nitrogens with one attached hydrogen (secondary N) is 1. The van der Waals surface area contributed by atoms with Gasteiger partial charge in [-0.3, -0.25) is 9.59 Å². The Kier molecular flexibility index (Phi) is 49.1. The second-order valence-electron chi connectivity index (χ2n) is 18.3. The SMILES string of the molecule is CC/C=C/C/C=C/C/C=C/C/C=C/CCCC(CC(=O)NC(CO)C(O)CCCCCCCCCCCCCCCCCC)OC(=O)CCCCCCCC/C=C/C=C/CCCCC. The number of unbranched alkanes of at least 4 members (excludes halogenated alkanes) is 25. The molecule has 0 aliphatic carbocycles. The molecule has 3 N–H and O–H groups in total. The van der Waals surface area contributed by atoms with Crippen LogP contribution in [-0.2, 0) is 14.3 Å². The maximum Gasteiger partial charge on any atom is 0.306 e. The van der Waals surface area contributed by atoms with Gasteiger partial charge in [0, 0.05) is 6.42 Å². The third-order valence-electron chi connectivity index (χ3n) is 12.0. The van der Waals surface area contributed by atoms with Gasteiger partial charge in [-0.2, -0.15) is 0 Å². The summed E-state index contributed by atoms with van der Waals surface area (Å²) in [4.78, 5) is 26.2. The highest BCUT2D eigenvalue weighted by atomic mass is 16.5. The second kappa shape index (κ2) is 51.3. The molecule has 0 heterocycles. The van der Waals surface area contributed by atoms with Crippen molar-refractivity contribution in [3.05, 3.63) is 72.9 Å². The van der Waals surface area contributed by atoms with Gasteiger partial charge >= 0.3 is 5.97 Å². The smallest absolute Gasteiger partial charge is 0.306 e. The average molecular weight is 894 g/mol. The van der Waals surface area contributed by atoms with Gasteiger partial charge in [0.1, 0.15) is 6.10 Å². The zero-order valence-corrected chi connectivity index (χ0v) is 42.1. The molecule has 370 valence electrons. The number of hydrogen-bond acceptors (Lipinski definition) is 5. The van der Waals surface area contributed by atoms with Crippen molar-refractivity contribution >= 4 is 11.9 Å². The van der Waals surface area contributed by atoms with Gasteiger partial charge in [0.25, 0.3) is 0 Å². The molecule has 0 aromatic rings. The molecule has 0 aromatic heterocycles. The van der Waals surface area contributed by atoms with Gasteiger partial charge in [0.2, 0.25) is 5.91 Å². The molecule has 64 heavy (non-hydrogen) atoms. The minimum atomic E-state index is -0.807. The fourth-order valence-electron chi connectivity index (χ4n) is 7.95. The van der Waals surface area contributed by atoms with E-state index >= 15 is 0 Å². The molecular formula is C58H103NO5. The fourth-order valence-corrected chi connectivity index (χ4v) is 7.95. The fraction of sp³-hybridized carbons (Fsp3) is 0.759. The number of aliphatic hydroxyl groups is 2. The predicted octanol–water partition coefficient (Wildman–Crippen LogP) is 16.6. The number of carbonyl (C=O) groups is 2. The van der Waals surface area contributed by atoms with Gasteiger partial charge in [0.15, 0.2) is 0 Å². The molecule has 0 aromatic carbocycles. The minimum absolute atomic E-state index is 0.0330. The van der Waals surface area contributed by atoms with Crippen molar-refractivity contribution in [1.82, 2.24) is 5.32 Å². The van der Waals surface area contributed by atoms with Crippen LogP contribution in [0.4, 0.5) is 0 Å². The van der Waals surface area contributed by atoms with Crippen LogP contribution in [-0.4, -0.2) is 46.9 Å². The molecule has 6 nitrogen and oxygen atoms in total. The van der Waals surface area contributed by atoms with Crippen LogP contribution in [0, 0.1) is 0 Å². The Balaban J connectivity index is 4.63. The molecular weight excluding hydrogens is 791 g/mol. The molecule has 0 radical (unpaired) electrons. The van der Waals surface area contributed by atoms with E-state index in [9.17, 15) is 19.8 Å². The third kappa shape index (κ3) is 45.9. The number of aliphatic hydroxyl groups excluding tert-OH is 2. The van der Waals surface area contributed by atoms with Gasteiger partial charge in [0.05, 0.1) is 25.2 Å². The molecule has 0 aliphatic rings. The first-order valence-electron chi connectivity index (χ1n) is 27.2. The maximum absolute atomic E-state index is 13.2. The molecule has 0 aliphatic heterocycles. The van der Waals surface area contributed by atoms with Crippen molar-refractivity contribution in [3.63, 3.8) is 0 Å².